The van der Waals surface area contributed by atoms with Gasteiger partial charge in [0.15, 0.2) is 0 Å². The van der Waals surface area contributed by atoms with Crippen LogP contribution in [0.4, 0.5) is 0 Å². The number of aromatic amines is 1. The molecule has 0 atom stereocenters. The molecule has 7 heteroatoms. The molecule has 0 amide bonds. The fourth-order valence-corrected chi connectivity index (χ4v) is 3.53. The number of thioether (sulfide) groups is 1. The van der Waals surface area contributed by atoms with E-state index in [0.717, 1.165) is 11.5 Å². The van der Waals surface area contributed by atoms with Crippen LogP contribution >= 0.6 is 11.8 Å². The predicted molar refractivity (Wildman–Crippen MR) is 70.8 cm³/mol. The smallest absolute Gasteiger partial charge is 0.244 e. The first-order valence-electron chi connectivity index (χ1n) is 5.19. The van der Waals surface area contributed by atoms with Gasteiger partial charge in [0, 0.05) is 18.1 Å². The average Bonchev–Trinajstić information content (AvgIpc) is 2.58. The second kappa shape index (κ2) is 6.23. The normalized spacial score (nSPS) is 11.6. The molecule has 1 aromatic heterocycles. The molecule has 0 aromatic carbocycles. The van der Waals surface area contributed by atoms with Crippen LogP contribution in [0.15, 0.2) is 17.6 Å². The minimum Gasteiger partial charge on any atom is -0.281 e. The third-order valence-corrected chi connectivity index (χ3v) is 4.79. The summed E-state index contributed by atoms with van der Waals surface area (Å²) in [5.41, 5.74) is 1.06. The van der Waals surface area contributed by atoms with Crippen LogP contribution < -0.4 is 4.72 Å². The summed E-state index contributed by atoms with van der Waals surface area (Å²) >= 11 is 1.63. The second-order valence-electron chi connectivity index (χ2n) is 3.52. The third-order valence-electron chi connectivity index (χ3n) is 2.10. The number of rotatable bonds is 7. The number of hydrogen-bond acceptors (Lipinski definition) is 4. The molecule has 0 fully saturated rings. The van der Waals surface area contributed by atoms with E-state index in [0.29, 0.717) is 17.9 Å². The van der Waals surface area contributed by atoms with Crippen LogP contribution in [0.5, 0.6) is 0 Å². The van der Waals surface area contributed by atoms with E-state index in [2.05, 4.69) is 21.5 Å². The van der Waals surface area contributed by atoms with Gasteiger partial charge >= 0.3 is 0 Å². The number of nitrogens with one attached hydrogen (secondary N) is 2. The van der Waals surface area contributed by atoms with E-state index in [9.17, 15) is 8.42 Å². The van der Waals surface area contributed by atoms with Crippen molar-refractivity contribution in [2.75, 3.05) is 18.1 Å². The maximum absolute atomic E-state index is 12.0. The first-order valence-corrected chi connectivity index (χ1v) is 7.82. The van der Waals surface area contributed by atoms with E-state index in [1.807, 2.05) is 0 Å². The first kappa shape index (κ1) is 14.3. The van der Waals surface area contributed by atoms with Crippen molar-refractivity contribution in [3.63, 3.8) is 0 Å². The van der Waals surface area contributed by atoms with Crippen LogP contribution in [-0.4, -0.2) is 36.7 Å². The zero-order valence-electron chi connectivity index (χ0n) is 9.99. The van der Waals surface area contributed by atoms with E-state index >= 15 is 0 Å². The Morgan fingerprint density at radius 2 is 2.24 bits per heavy atom. The number of hydrogen-bond donors (Lipinski definition) is 2. The number of sulfonamides is 1. The van der Waals surface area contributed by atoms with Crippen molar-refractivity contribution in [2.24, 2.45) is 0 Å². The average molecular weight is 275 g/mol. The SMILES string of the molecule is C=CCSCCNS(=O)(=O)c1c(C)n[nH]c1C. The van der Waals surface area contributed by atoms with Gasteiger partial charge < -0.3 is 0 Å². The highest BCUT2D eigenvalue weighted by molar-refractivity contribution is 7.99. The number of aryl methyl sites for hydroxylation is 2. The Kier molecular flexibility index (Phi) is 5.23. The molecule has 0 aliphatic rings. The van der Waals surface area contributed by atoms with Crippen molar-refractivity contribution < 1.29 is 8.42 Å². The maximum Gasteiger partial charge on any atom is 0.244 e. The molecule has 0 saturated heterocycles. The van der Waals surface area contributed by atoms with Crippen LogP contribution in [0, 0.1) is 13.8 Å². The third kappa shape index (κ3) is 3.86. The van der Waals surface area contributed by atoms with Gasteiger partial charge in [0.1, 0.15) is 4.90 Å². The van der Waals surface area contributed by atoms with Crippen LogP contribution in [0.3, 0.4) is 0 Å². The van der Waals surface area contributed by atoms with Crippen LogP contribution in [-0.2, 0) is 10.0 Å². The molecule has 0 aliphatic heterocycles. The predicted octanol–water partition coefficient (Wildman–Crippen LogP) is 1.22. The van der Waals surface area contributed by atoms with Crippen molar-refractivity contribution >= 4 is 21.8 Å². The zero-order valence-corrected chi connectivity index (χ0v) is 11.6. The van der Waals surface area contributed by atoms with Crippen molar-refractivity contribution in [3.05, 3.63) is 24.0 Å². The lowest BCUT2D eigenvalue weighted by Gasteiger charge is -2.06. The monoisotopic (exact) mass is 275 g/mol. The molecule has 1 heterocycles. The molecule has 0 aliphatic carbocycles. The quantitative estimate of drug-likeness (QED) is 0.579. The maximum atomic E-state index is 12.0. The standard InChI is InChI=1S/C10H17N3O2S2/c1-4-6-16-7-5-11-17(14,15)10-8(2)12-13-9(10)3/h4,11H,1,5-7H2,2-3H3,(H,12,13). The molecule has 96 valence electrons. The Morgan fingerprint density at radius 1 is 1.53 bits per heavy atom. The summed E-state index contributed by atoms with van der Waals surface area (Å²) in [6, 6.07) is 0. The Bertz CT molecular complexity index is 460. The number of nitrogens with zero attached hydrogens (tertiary/aromatic N) is 1. The van der Waals surface area contributed by atoms with E-state index in [1.54, 1.807) is 31.7 Å². The van der Waals surface area contributed by atoms with Crippen LogP contribution in [0.25, 0.3) is 0 Å². The molecular formula is C10H17N3O2S2. The molecule has 0 unspecified atom stereocenters. The lowest BCUT2D eigenvalue weighted by Crippen LogP contribution is -2.27. The van der Waals surface area contributed by atoms with Gasteiger partial charge in [-0.1, -0.05) is 6.08 Å². The van der Waals surface area contributed by atoms with Crippen molar-refractivity contribution in [3.8, 4) is 0 Å². The Hall–Kier alpha value is -0.790. The van der Waals surface area contributed by atoms with Gasteiger partial charge in [-0.05, 0) is 13.8 Å². The van der Waals surface area contributed by atoms with Crippen molar-refractivity contribution in [1.82, 2.24) is 14.9 Å². The minimum absolute atomic E-state index is 0.256. The van der Waals surface area contributed by atoms with Crippen molar-refractivity contribution in [2.45, 2.75) is 18.7 Å². The van der Waals surface area contributed by atoms with Gasteiger partial charge in [0.05, 0.1) is 11.4 Å². The molecule has 0 saturated carbocycles. The van der Waals surface area contributed by atoms with Gasteiger partial charge in [-0.3, -0.25) is 5.10 Å². The fourth-order valence-electron chi connectivity index (χ4n) is 1.42. The zero-order chi connectivity index (χ0) is 12.9. The number of aromatic nitrogens is 2. The first-order chi connectivity index (χ1) is 7.99. The second-order valence-corrected chi connectivity index (χ2v) is 6.38. The summed E-state index contributed by atoms with van der Waals surface area (Å²) in [4.78, 5) is 0.256. The highest BCUT2D eigenvalue weighted by Crippen LogP contribution is 2.16. The molecule has 1 rings (SSSR count). The van der Waals surface area contributed by atoms with E-state index in [1.165, 1.54) is 0 Å². The molecule has 0 spiro atoms. The van der Waals surface area contributed by atoms with Gasteiger partial charge in [-0.15, -0.1) is 6.58 Å². The summed E-state index contributed by atoms with van der Waals surface area (Å²) in [6.45, 7) is 7.37. The molecule has 17 heavy (non-hydrogen) atoms. The molecular weight excluding hydrogens is 258 g/mol. The molecule has 0 radical (unpaired) electrons. The fraction of sp³-hybridized carbons (Fsp3) is 0.500. The number of H-pyrrole nitrogens is 1. The topological polar surface area (TPSA) is 74.8 Å². The Balaban J connectivity index is 2.61. The van der Waals surface area contributed by atoms with Crippen LogP contribution in [0.1, 0.15) is 11.4 Å². The highest BCUT2D eigenvalue weighted by Gasteiger charge is 2.21. The minimum atomic E-state index is -3.45. The summed E-state index contributed by atoms with van der Waals surface area (Å²) in [7, 11) is -3.45. The van der Waals surface area contributed by atoms with E-state index in [4.69, 9.17) is 0 Å². The summed E-state index contributed by atoms with van der Waals surface area (Å²) in [6.07, 6.45) is 1.80. The van der Waals surface area contributed by atoms with Gasteiger partial charge in [-0.25, -0.2) is 13.1 Å². The van der Waals surface area contributed by atoms with Gasteiger partial charge in [0.25, 0.3) is 0 Å². The van der Waals surface area contributed by atoms with Gasteiger partial charge in [-0.2, -0.15) is 16.9 Å². The largest absolute Gasteiger partial charge is 0.281 e. The lowest BCUT2D eigenvalue weighted by molar-refractivity contribution is 0.583. The van der Waals surface area contributed by atoms with E-state index in [-0.39, 0.29) is 4.90 Å². The van der Waals surface area contributed by atoms with Crippen LogP contribution in [0.2, 0.25) is 0 Å². The molecule has 2 N–H and O–H groups in total. The Labute approximate surface area is 106 Å². The molecule has 0 bridgehead atoms. The Morgan fingerprint density at radius 3 is 2.76 bits per heavy atom. The van der Waals surface area contributed by atoms with Crippen molar-refractivity contribution in [1.29, 1.82) is 0 Å². The molecule has 5 nitrogen and oxygen atoms in total. The summed E-state index contributed by atoms with van der Waals surface area (Å²) < 4.78 is 26.5. The van der Waals surface area contributed by atoms with E-state index < -0.39 is 10.0 Å². The summed E-state index contributed by atoms with van der Waals surface area (Å²) in [5, 5.41) is 6.54. The lowest BCUT2D eigenvalue weighted by atomic mass is 10.4. The summed E-state index contributed by atoms with van der Waals surface area (Å²) in [5.74, 6) is 1.55. The highest BCUT2D eigenvalue weighted by atomic mass is 32.2. The van der Waals surface area contributed by atoms with Gasteiger partial charge in [0.2, 0.25) is 10.0 Å². The molecule has 1 aromatic rings.